The fourth-order valence-electron chi connectivity index (χ4n) is 1.01. The Morgan fingerprint density at radius 3 is 2.42 bits per heavy atom. The van der Waals surface area contributed by atoms with Crippen LogP contribution in [0, 0.1) is 0 Å². The molecule has 0 saturated carbocycles. The molecule has 0 aliphatic carbocycles. The minimum atomic E-state index is -4.35. The molecule has 0 bridgehead atoms. The zero-order valence-electron chi connectivity index (χ0n) is 6.43. The van der Waals surface area contributed by atoms with Crippen molar-refractivity contribution in [2.24, 2.45) is 5.73 Å². The molecule has 2 unspecified atom stereocenters. The highest BCUT2D eigenvalue weighted by atomic mass is 19.4. The highest BCUT2D eigenvalue weighted by Crippen LogP contribution is 2.27. The van der Waals surface area contributed by atoms with Crippen molar-refractivity contribution in [3.05, 3.63) is 0 Å². The fraction of sp³-hybridized carbons (Fsp3) is 0.833. The topological polar surface area (TPSA) is 46.3 Å². The van der Waals surface area contributed by atoms with Gasteiger partial charge in [0.25, 0.3) is 0 Å². The van der Waals surface area contributed by atoms with Gasteiger partial charge in [-0.3, -0.25) is 4.79 Å². The second kappa shape index (κ2) is 2.62. The Morgan fingerprint density at radius 1 is 1.67 bits per heavy atom. The number of nitrogens with two attached hydrogens (primary N) is 1. The van der Waals surface area contributed by atoms with Crippen LogP contribution in [0.5, 0.6) is 0 Å². The molecular formula is C6H9F3N2O. The summed E-state index contributed by atoms with van der Waals surface area (Å²) in [6.07, 6.45) is -4.35. The monoisotopic (exact) mass is 182 g/mol. The standard InChI is InChI=1S/C6H9F3N2O/c1-3(6(7,8)9)11-2-4(10)5(11)12/h3-4H,2,10H2,1H3. The molecule has 1 aliphatic heterocycles. The van der Waals surface area contributed by atoms with E-state index in [0.717, 1.165) is 11.8 Å². The number of nitrogens with zero attached hydrogens (tertiary/aromatic N) is 1. The summed E-state index contributed by atoms with van der Waals surface area (Å²) in [5, 5.41) is 0. The SMILES string of the molecule is CC(N1CC(N)C1=O)C(F)(F)F. The number of β-lactam (4-membered cyclic amide) rings is 1. The van der Waals surface area contributed by atoms with Gasteiger partial charge >= 0.3 is 6.18 Å². The number of carbonyl (C=O) groups is 1. The number of hydrogen-bond donors (Lipinski definition) is 1. The number of halogens is 3. The molecule has 0 aromatic heterocycles. The summed E-state index contributed by atoms with van der Waals surface area (Å²) in [5.74, 6) is -0.625. The molecule has 1 amide bonds. The van der Waals surface area contributed by atoms with Crippen molar-refractivity contribution in [1.29, 1.82) is 0 Å². The first kappa shape index (κ1) is 9.31. The Balaban J connectivity index is 2.57. The number of hydrogen-bond acceptors (Lipinski definition) is 2. The molecule has 2 atom stereocenters. The maximum absolute atomic E-state index is 12.0. The second-order valence-corrected chi connectivity index (χ2v) is 2.81. The van der Waals surface area contributed by atoms with E-state index >= 15 is 0 Å². The largest absolute Gasteiger partial charge is 0.408 e. The quantitative estimate of drug-likeness (QED) is 0.585. The highest BCUT2D eigenvalue weighted by Gasteiger charge is 2.48. The molecule has 1 saturated heterocycles. The van der Waals surface area contributed by atoms with Crippen LogP contribution < -0.4 is 5.73 Å². The van der Waals surface area contributed by atoms with Crippen molar-refractivity contribution in [3.63, 3.8) is 0 Å². The van der Waals surface area contributed by atoms with Crippen molar-refractivity contribution < 1.29 is 18.0 Å². The molecule has 0 spiro atoms. The van der Waals surface area contributed by atoms with Crippen molar-refractivity contribution >= 4 is 5.91 Å². The van der Waals surface area contributed by atoms with Gasteiger partial charge in [0.2, 0.25) is 5.91 Å². The number of alkyl halides is 3. The Labute approximate surface area is 67.3 Å². The van der Waals surface area contributed by atoms with E-state index in [4.69, 9.17) is 5.73 Å². The summed E-state index contributed by atoms with van der Waals surface area (Å²) >= 11 is 0. The summed E-state index contributed by atoms with van der Waals surface area (Å²) in [7, 11) is 0. The summed E-state index contributed by atoms with van der Waals surface area (Å²) in [5.41, 5.74) is 5.13. The van der Waals surface area contributed by atoms with Crippen LogP contribution in [0.2, 0.25) is 0 Å². The van der Waals surface area contributed by atoms with Crippen molar-refractivity contribution in [2.45, 2.75) is 25.2 Å². The average Bonchev–Trinajstić information content (AvgIpc) is 1.96. The first-order valence-corrected chi connectivity index (χ1v) is 3.47. The number of carbonyl (C=O) groups excluding carboxylic acids is 1. The molecule has 1 rings (SSSR count). The molecule has 2 N–H and O–H groups in total. The van der Waals surface area contributed by atoms with Crippen LogP contribution in [0.1, 0.15) is 6.92 Å². The third-order valence-corrected chi connectivity index (χ3v) is 1.93. The Hall–Kier alpha value is -0.780. The van der Waals surface area contributed by atoms with Gasteiger partial charge in [0, 0.05) is 6.54 Å². The lowest BCUT2D eigenvalue weighted by molar-refractivity contribution is -0.196. The van der Waals surface area contributed by atoms with E-state index in [-0.39, 0.29) is 6.54 Å². The van der Waals surface area contributed by atoms with Crippen molar-refractivity contribution in [3.8, 4) is 0 Å². The Morgan fingerprint density at radius 2 is 2.17 bits per heavy atom. The second-order valence-electron chi connectivity index (χ2n) is 2.81. The lowest BCUT2D eigenvalue weighted by Crippen LogP contribution is -2.66. The molecule has 1 aliphatic rings. The Bertz CT molecular complexity index is 203. The molecule has 0 aromatic rings. The average molecular weight is 182 g/mol. The van der Waals surface area contributed by atoms with Crippen LogP contribution in [0.15, 0.2) is 0 Å². The minimum absolute atomic E-state index is 0.000486. The van der Waals surface area contributed by atoms with E-state index < -0.39 is 24.2 Å². The van der Waals surface area contributed by atoms with Crippen LogP contribution in [0.4, 0.5) is 13.2 Å². The zero-order chi connectivity index (χ0) is 9.52. The summed E-state index contributed by atoms with van der Waals surface area (Å²) < 4.78 is 36.0. The maximum Gasteiger partial charge on any atom is 0.408 e. The molecule has 6 heteroatoms. The molecule has 0 radical (unpaired) electrons. The first-order chi connectivity index (χ1) is 5.34. The molecular weight excluding hydrogens is 173 g/mol. The first-order valence-electron chi connectivity index (χ1n) is 3.47. The smallest absolute Gasteiger partial charge is 0.327 e. The van der Waals surface area contributed by atoms with E-state index in [1.54, 1.807) is 0 Å². The van der Waals surface area contributed by atoms with E-state index in [1.165, 1.54) is 0 Å². The summed E-state index contributed by atoms with van der Waals surface area (Å²) in [6.45, 7) is 0.948. The predicted octanol–water partition coefficient (Wildman–Crippen LogP) is 0.107. The van der Waals surface area contributed by atoms with Crippen LogP contribution in [-0.4, -0.2) is 35.6 Å². The van der Waals surface area contributed by atoms with Gasteiger partial charge < -0.3 is 10.6 Å². The van der Waals surface area contributed by atoms with Gasteiger partial charge in [0.15, 0.2) is 0 Å². The van der Waals surface area contributed by atoms with Gasteiger partial charge in [-0.05, 0) is 6.92 Å². The number of likely N-dealkylation sites (tertiary alicyclic amines) is 1. The van der Waals surface area contributed by atoms with Crippen LogP contribution in [-0.2, 0) is 4.79 Å². The van der Waals surface area contributed by atoms with Gasteiger partial charge in [0.1, 0.15) is 12.1 Å². The van der Waals surface area contributed by atoms with Gasteiger partial charge in [-0.1, -0.05) is 0 Å². The maximum atomic E-state index is 12.0. The molecule has 1 fully saturated rings. The summed E-state index contributed by atoms with van der Waals surface area (Å²) in [6, 6.07) is -2.46. The summed E-state index contributed by atoms with van der Waals surface area (Å²) in [4.78, 5) is 11.5. The zero-order valence-corrected chi connectivity index (χ0v) is 6.43. The number of amides is 1. The normalized spacial score (nSPS) is 26.9. The fourth-order valence-corrected chi connectivity index (χ4v) is 1.01. The molecule has 0 aromatic carbocycles. The van der Waals surface area contributed by atoms with Crippen LogP contribution in [0.25, 0.3) is 0 Å². The van der Waals surface area contributed by atoms with Crippen molar-refractivity contribution in [1.82, 2.24) is 4.90 Å². The molecule has 3 nitrogen and oxygen atoms in total. The molecule has 70 valence electrons. The lowest BCUT2D eigenvalue weighted by Gasteiger charge is -2.41. The third kappa shape index (κ3) is 1.38. The van der Waals surface area contributed by atoms with Crippen LogP contribution >= 0.6 is 0 Å². The number of rotatable bonds is 1. The predicted molar refractivity (Wildman–Crippen MR) is 35.2 cm³/mol. The van der Waals surface area contributed by atoms with Gasteiger partial charge in [-0.15, -0.1) is 0 Å². The third-order valence-electron chi connectivity index (χ3n) is 1.93. The highest BCUT2D eigenvalue weighted by molar-refractivity contribution is 5.88. The van der Waals surface area contributed by atoms with E-state index in [0.29, 0.717) is 0 Å². The lowest BCUT2D eigenvalue weighted by atomic mass is 10.1. The van der Waals surface area contributed by atoms with Crippen LogP contribution in [0.3, 0.4) is 0 Å². The molecule has 1 heterocycles. The van der Waals surface area contributed by atoms with Gasteiger partial charge in [-0.25, -0.2) is 0 Å². The Kier molecular flexibility index (Phi) is 2.03. The van der Waals surface area contributed by atoms with Crippen molar-refractivity contribution in [2.75, 3.05) is 6.54 Å². The minimum Gasteiger partial charge on any atom is -0.327 e. The van der Waals surface area contributed by atoms with E-state index in [2.05, 4.69) is 0 Å². The van der Waals surface area contributed by atoms with Gasteiger partial charge in [0.05, 0.1) is 0 Å². The van der Waals surface area contributed by atoms with E-state index in [9.17, 15) is 18.0 Å². The van der Waals surface area contributed by atoms with E-state index in [1.807, 2.05) is 0 Å². The molecule has 12 heavy (non-hydrogen) atoms. The van der Waals surface area contributed by atoms with Gasteiger partial charge in [-0.2, -0.15) is 13.2 Å².